The molecule has 1 saturated heterocycles. The lowest BCUT2D eigenvalue weighted by molar-refractivity contribution is 0.139. The Kier molecular flexibility index (Phi) is 4.15. The molecule has 0 spiro atoms. The lowest BCUT2D eigenvalue weighted by atomic mass is 9.74. The van der Waals surface area contributed by atoms with Crippen molar-refractivity contribution in [2.75, 3.05) is 18.8 Å². The smallest absolute Gasteiger partial charge is 0.405 e. The minimum atomic E-state index is -1.21. The SMILES string of the molecule is C[C@H]1CNC[C@](NC(=O)O)(c2ccncc2N)[C@H]1N=[N+]=[N-]. The minimum Gasteiger partial charge on any atom is -0.465 e. The molecule has 0 unspecified atom stereocenters. The largest absolute Gasteiger partial charge is 0.465 e. The maximum atomic E-state index is 11.3. The summed E-state index contributed by atoms with van der Waals surface area (Å²) in [5.41, 5.74) is 14.6. The van der Waals surface area contributed by atoms with Gasteiger partial charge in [0.25, 0.3) is 0 Å². The zero-order valence-electron chi connectivity index (χ0n) is 11.5. The molecule has 1 amide bonds. The van der Waals surface area contributed by atoms with Crippen LogP contribution in [-0.4, -0.2) is 35.3 Å². The van der Waals surface area contributed by atoms with Crippen molar-refractivity contribution in [1.29, 1.82) is 0 Å². The van der Waals surface area contributed by atoms with Gasteiger partial charge in [0.05, 0.1) is 23.5 Å². The zero-order valence-corrected chi connectivity index (χ0v) is 11.5. The van der Waals surface area contributed by atoms with Crippen LogP contribution in [0.15, 0.2) is 23.6 Å². The predicted octanol–water partition coefficient (Wildman–Crippen LogP) is 1.04. The third kappa shape index (κ3) is 2.69. The van der Waals surface area contributed by atoms with E-state index in [4.69, 9.17) is 11.3 Å². The molecule has 5 N–H and O–H groups in total. The van der Waals surface area contributed by atoms with E-state index in [0.717, 1.165) is 0 Å². The number of pyridine rings is 1. The molecule has 9 nitrogen and oxygen atoms in total. The first kappa shape index (κ1) is 14.9. The van der Waals surface area contributed by atoms with Gasteiger partial charge in [-0.1, -0.05) is 12.0 Å². The van der Waals surface area contributed by atoms with Crippen molar-refractivity contribution in [2.24, 2.45) is 11.0 Å². The maximum absolute atomic E-state index is 11.3. The molecule has 21 heavy (non-hydrogen) atoms. The minimum absolute atomic E-state index is 0.0611. The number of hydrogen-bond donors (Lipinski definition) is 4. The summed E-state index contributed by atoms with van der Waals surface area (Å²) in [7, 11) is 0. The average molecular weight is 291 g/mol. The number of nitrogens with zero attached hydrogens (tertiary/aromatic N) is 4. The van der Waals surface area contributed by atoms with E-state index in [1.807, 2.05) is 6.92 Å². The molecule has 0 aromatic carbocycles. The van der Waals surface area contributed by atoms with Gasteiger partial charge in [0, 0.05) is 23.2 Å². The molecule has 9 heteroatoms. The van der Waals surface area contributed by atoms with Crippen LogP contribution < -0.4 is 16.4 Å². The van der Waals surface area contributed by atoms with Crippen LogP contribution in [0.4, 0.5) is 10.5 Å². The number of azide groups is 1. The standard InChI is InChI=1S/C12H17N7O2/c1-7-4-16-6-12(17-11(20)21,10(7)18-19-14)8-2-3-15-5-9(8)13/h2-3,5,7,10,16-17H,4,6,13H2,1H3,(H,20,21)/t7-,10-,12-/m0/s1. The number of aromatic nitrogens is 1. The van der Waals surface area contributed by atoms with Crippen molar-refractivity contribution in [3.05, 3.63) is 34.5 Å². The summed E-state index contributed by atoms with van der Waals surface area (Å²) in [5, 5.41) is 18.7. The normalized spacial score (nSPS) is 28.4. The van der Waals surface area contributed by atoms with Gasteiger partial charge < -0.3 is 21.5 Å². The molecule has 1 aromatic heterocycles. The van der Waals surface area contributed by atoms with Crippen LogP contribution in [0.25, 0.3) is 10.4 Å². The number of nitrogens with one attached hydrogen (secondary N) is 2. The second kappa shape index (κ2) is 5.86. The molecule has 0 saturated carbocycles. The number of carbonyl (C=O) groups is 1. The molecule has 1 aliphatic heterocycles. The fourth-order valence-corrected chi connectivity index (χ4v) is 2.91. The quantitative estimate of drug-likeness (QED) is 0.373. The fraction of sp³-hybridized carbons (Fsp3) is 0.500. The van der Waals surface area contributed by atoms with E-state index in [1.165, 1.54) is 12.4 Å². The molecule has 112 valence electrons. The Morgan fingerprint density at radius 1 is 1.76 bits per heavy atom. The van der Waals surface area contributed by atoms with Gasteiger partial charge >= 0.3 is 6.09 Å². The Hall–Kier alpha value is -2.51. The van der Waals surface area contributed by atoms with Crippen LogP contribution in [0.2, 0.25) is 0 Å². The number of carboxylic acid groups (broad SMARTS) is 1. The van der Waals surface area contributed by atoms with E-state index in [9.17, 15) is 9.90 Å². The maximum Gasteiger partial charge on any atom is 0.405 e. The van der Waals surface area contributed by atoms with Gasteiger partial charge in [0.2, 0.25) is 0 Å². The fourth-order valence-electron chi connectivity index (χ4n) is 2.91. The van der Waals surface area contributed by atoms with Crippen molar-refractivity contribution in [3.8, 4) is 0 Å². The number of nitrogens with two attached hydrogens (primary N) is 1. The Labute approximate surface area is 121 Å². The summed E-state index contributed by atoms with van der Waals surface area (Å²) in [4.78, 5) is 18.1. The van der Waals surface area contributed by atoms with Gasteiger partial charge in [-0.3, -0.25) is 4.98 Å². The number of nitrogen functional groups attached to an aromatic ring is 1. The van der Waals surface area contributed by atoms with Crippen molar-refractivity contribution >= 4 is 11.8 Å². The molecular formula is C12H17N7O2. The van der Waals surface area contributed by atoms with Crippen LogP contribution in [0.3, 0.4) is 0 Å². The van der Waals surface area contributed by atoms with Crippen molar-refractivity contribution in [2.45, 2.75) is 18.5 Å². The summed E-state index contributed by atoms with van der Waals surface area (Å²) < 4.78 is 0. The summed E-state index contributed by atoms with van der Waals surface area (Å²) in [5.74, 6) is -0.0611. The lowest BCUT2D eigenvalue weighted by Crippen LogP contribution is -2.64. The summed E-state index contributed by atoms with van der Waals surface area (Å²) in [6.07, 6.45) is 1.77. The van der Waals surface area contributed by atoms with Gasteiger partial charge in [-0.15, -0.1) is 0 Å². The Bertz CT molecular complexity index is 587. The third-order valence-corrected chi connectivity index (χ3v) is 3.75. The van der Waals surface area contributed by atoms with Crippen molar-refractivity contribution in [3.63, 3.8) is 0 Å². The van der Waals surface area contributed by atoms with Crippen LogP contribution in [0.1, 0.15) is 12.5 Å². The first-order valence-electron chi connectivity index (χ1n) is 6.47. The van der Waals surface area contributed by atoms with Crippen molar-refractivity contribution in [1.82, 2.24) is 15.6 Å². The monoisotopic (exact) mass is 291 g/mol. The van der Waals surface area contributed by atoms with E-state index in [-0.39, 0.29) is 12.5 Å². The topological polar surface area (TPSA) is 149 Å². The van der Waals surface area contributed by atoms with E-state index < -0.39 is 17.7 Å². The lowest BCUT2D eigenvalue weighted by Gasteiger charge is -2.46. The first-order chi connectivity index (χ1) is 10.0. The van der Waals surface area contributed by atoms with Gasteiger partial charge in [-0.2, -0.15) is 0 Å². The Morgan fingerprint density at radius 2 is 2.52 bits per heavy atom. The molecule has 3 atom stereocenters. The molecule has 1 aliphatic rings. The Morgan fingerprint density at radius 3 is 3.14 bits per heavy atom. The molecular weight excluding hydrogens is 274 g/mol. The van der Waals surface area contributed by atoms with Gasteiger partial charge in [0.1, 0.15) is 0 Å². The molecule has 2 rings (SSSR count). The highest BCUT2D eigenvalue weighted by molar-refractivity contribution is 5.68. The average Bonchev–Trinajstić information content (AvgIpc) is 2.42. The second-order valence-corrected chi connectivity index (χ2v) is 5.12. The number of rotatable bonds is 3. The van der Waals surface area contributed by atoms with E-state index >= 15 is 0 Å². The molecule has 0 radical (unpaired) electrons. The Balaban J connectivity index is 2.62. The van der Waals surface area contributed by atoms with Crippen LogP contribution in [0, 0.1) is 5.92 Å². The van der Waals surface area contributed by atoms with E-state index in [1.54, 1.807) is 6.07 Å². The molecule has 1 aromatic rings. The summed E-state index contributed by atoms with van der Waals surface area (Å²) >= 11 is 0. The van der Waals surface area contributed by atoms with Gasteiger partial charge in [-0.25, -0.2) is 4.79 Å². The number of anilines is 1. The molecule has 2 heterocycles. The van der Waals surface area contributed by atoms with Crippen LogP contribution in [0.5, 0.6) is 0 Å². The van der Waals surface area contributed by atoms with Crippen LogP contribution in [-0.2, 0) is 5.54 Å². The molecule has 1 fully saturated rings. The summed E-state index contributed by atoms with van der Waals surface area (Å²) in [6.45, 7) is 2.79. The van der Waals surface area contributed by atoms with Crippen molar-refractivity contribution < 1.29 is 9.90 Å². The number of hydrogen-bond acceptors (Lipinski definition) is 5. The third-order valence-electron chi connectivity index (χ3n) is 3.75. The van der Waals surface area contributed by atoms with Gasteiger partial charge in [0.15, 0.2) is 0 Å². The highest BCUT2D eigenvalue weighted by Gasteiger charge is 2.47. The highest BCUT2D eigenvalue weighted by atomic mass is 16.4. The number of amides is 1. The zero-order chi connectivity index (χ0) is 15.5. The predicted molar refractivity (Wildman–Crippen MR) is 76.5 cm³/mol. The summed E-state index contributed by atoms with van der Waals surface area (Å²) in [6, 6.07) is 1.05. The highest BCUT2D eigenvalue weighted by Crippen LogP contribution is 2.36. The molecule has 0 bridgehead atoms. The second-order valence-electron chi connectivity index (χ2n) is 5.12. The van der Waals surface area contributed by atoms with Gasteiger partial charge in [-0.05, 0) is 24.1 Å². The number of piperidine rings is 1. The van der Waals surface area contributed by atoms with E-state index in [2.05, 4.69) is 25.6 Å². The molecule has 0 aliphatic carbocycles. The van der Waals surface area contributed by atoms with Crippen LogP contribution >= 0.6 is 0 Å². The first-order valence-corrected chi connectivity index (χ1v) is 6.47. The van der Waals surface area contributed by atoms with E-state index in [0.29, 0.717) is 17.8 Å².